The Labute approximate surface area is 186 Å². The number of aromatic nitrogens is 6. The third kappa shape index (κ3) is 3.02. The molecule has 33 heavy (non-hydrogen) atoms. The van der Waals surface area contributed by atoms with Gasteiger partial charge in [-0.3, -0.25) is 9.36 Å². The third-order valence-corrected chi connectivity index (χ3v) is 5.99. The van der Waals surface area contributed by atoms with E-state index in [4.69, 9.17) is 10.7 Å². The van der Waals surface area contributed by atoms with E-state index in [0.29, 0.717) is 40.6 Å². The van der Waals surface area contributed by atoms with Gasteiger partial charge >= 0.3 is 0 Å². The zero-order valence-corrected chi connectivity index (χ0v) is 17.4. The van der Waals surface area contributed by atoms with Crippen molar-refractivity contribution in [2.45, 2.75) is 18.9 Å². The van der Waals surface area contributed by atoms with Gasteiger partial charge < -0.3 is 15.6 Å². The van der Waals surface area contributed by atoms with E-state index in [-0.39, 0.29) is 17.4 Å². The van der Waals surface area contributed by atoms with Crippen molar-refractivity contribution in [1.82, 2.24) is 29.5 Å². The van der Waals surface area contributed by atoms with Crippen LogP contribution in [0.4, 0.5) is 16.2 Å². The predicted octanol–water partition coefficient (Wildman–Crippen LogP) is 3.11. The molecule has 0 aliphatic carbocycles. The number of H-pyrrole nitrogens is 1. The minimum Gasteiger partial charge on any atom is -0.368 e. The van der Waals surface area contributed by atoms with Gasteiger partial charge in [-0.2, -0.15) is 9.97 Å². The average Bonchev–Trinajstić information content (AvgIpc) is 3.48. The Morgan fingerprint density at radius 1 is 1.06 bits per heavy atom. The number of anilines is 2. The number of halogens is 1. The summed E-state index contributed by atoms with van der Waals surface area (Å²) >= 11 is 0. The summed E-state index contributed by atoms with van der Waals surface area (Å²) in [7, 11) is 0. The summed E-state index contributed by atoms with van der Waals surface area (Å²) in [6.45, 7) is 0.682. The fourth-order valence-corrected chi connectivity index (χ4v) is 4.59. The Kier molecular flexibility index (Phi) is 4.32. The Morgan fingerprint density at radius 3 is 2.76 bits per heavy atom. The molecule has 5 aromatic rings. The number of fused-ring (bicyclic) bond motifs is 2. The van der Waals surface area contributed by atoms with Gasteiger partial charge in [0.1, 0.15) is 22.5 Å². The number of hydrogen-bond acceptors (Lipinski definition) is 7. The van der Waals surface area contributed by atoms with Crippen LogP contribution in [0.25, 0.3) is 27.8 Å². The van der Waals surface area contributed by atoms with Crippen LogP contribution >= 0.6 is 0 Å². The number of nitrogen functional groups attached to an aromatic ring is 1. The molecule has 4 heterocycles. The molecule has 1 aliphatic heterocycles. The molecule has 0 radical (unpaired) electrons. The molecule has 0 amide bonds. The predicted molar refractivity (Wildman–Crippen MR) is 123 cm³/mol. The smallest absolute Gasteiger partial charge is 0.269 e. The molecule has 0 saturated carbocycles. The van der Waals surface area contributed by atoms with Gasteiger partial charge in [-0.25, -0.2) is 14.4 Å². The standard InChI is InChI=1S/C23H19FN8O/c24-14-8-4-9-15-17(14)22(33)32(13-6-2-1-3-7-13)20(28-15)16-10-5-11-31(16)21-18-19(27-12-26-18)29-23(25)30-21/h1-4,6-9,12,16H,5,10-11H2,(H3,25,26,27,29,30)/t16-/m0/s1. The maximum absolute atomic E-state index is 14.7. The van der Waals surface area contributed by atoms with Gasteiger partial charge in [0, 0.05) is 6.54 Å². The number of benzene rings is 2. The van der Waals surface area contributed by atoms with Crippen molar-refractivity contribution in [2.75, 3.05) is 17.2 Å². The van der Waals surface area contributed by atoms with Crippen LogP contribution in [0, 0.1) is 5.82 Å². The molecule has 10 heteroatoms. The number of nitrogens with one attached hydrogen (secondary N) is 1. The maximum Gasteiger partial charge on any atom is 0.269 e. The normalized spacial score (nSPS) is 16.2. The molecule has 3 N–H and O–H groups in total. The van der Waals surface area contributed by atoms with Crippen LogP contribution in [0.15, 0.2) is 59.7 Å². The van der Waals surface area contributed by atoms with Crippen molar-refractivity contribution in [1.29, 1.82) is 0 Å². The lowest BCUT2D eigenvalue weighted by atomic mass is 10.1. The van der Waals surface area contributed by atoms with E-state index in [9.17, 15) is 9.18 Å². The van der Waals surface area contributed by atoms with Gasteiger partial charge in [0.25, 0.3) is 5.56 Å². The number of hydrogen-bond donors (Lipinski definition) is 2. The van der Waals surface area contributed by atoms with Crippen molar-refractivity contribution >= 4 is 33.8 Å². The fourth-order valence-electron chi connectivity index (χ4n) is 4.59. The molecule has 164 valence electrons. The highest BCUT2D eigenvalue weighted by molar-refractivity contribution is 5.84. The molecule has 2 aromatic carbocycles. The second-order valence-corrected chi connectivity index (χ2v) is 7.94. The molecule has 6 rings (SSSR count). The molecular weight excluding hydrogens is 423 g/mol. The third-order valence-electron chi connectivity index (χ3n) is 5.99. The van der Waals surface area contributed by atoms with Crippen LogP contribution in [-0.2, 0) is 0 Å². The van der Waals surface area contributed by atoms with Gasteiger partial charge in [-0.05, 0) is 37.1 Å². The van der Waals surface area contributed by atoms with Crippen molar-refractivity contribution in [3.63, 3.8) is 0 Å². The van der Waals surface area contributed by atoms with Crippen LogP contribution in [0.3, 0.4) is 0 Å². The second kappa shape index (κ2) is 7.37. The van der Waals surface area contributed by atoms with Gasteiger partial charge in [0.05, 0.1) is 23.6 Å². The average molecular weight is 442 g/mol. The summed E-state index contributed by atoms with van der Waals surface area (Å²) in [5.74, 6) is 0.647. The van der Waals surface area contributed by atoms with E-state index in [1.807, 2.05) is 30.3 Å². The monoisotopic (exact) mass is 442 g/mol. The van der Waals surface area contributed by atoms with Crippen molar-refractivity contribution in [3.05, 3.63) is 76.9 Å². The van der Waals surface area contributed by atoms with E-state index in [1.165, 1.54) is 10.6 Å². The highest BCUT2D eigenvalue weighted by Gasteiger charge is 2.33. The van der Waals surface area contributed by atoms with E-state index in [1.54, 1.807) is 18.5 Å². The van der Waals surface area contributed by atoms with Crippen LogP contribution in [0.1, 0.15) is 24.7 Å². The van der Waals surface area contributed by atoms with Gasteiger partial charge in [-0.15, -0.1) is 0 Å². The summed E-state index contributed by atoms with van der Waals surface area (Å²) in [6, 6.07) is 13.4. The molecule has 1 aliphatic rings. The van der Waals surface area contributed by atoms with E-state index in [2.05, 4.69) is 24.8 Å². The molecule has 9 nitrogen and oxygen atoms in total. The SMILES string of the molecule is Nc1nc(N2CCC[C@H]2c2nc3cccc(F)c3c(=O)n2-c2ccccc2)c2[nH]cnc2n1. The topological polar surface area (TPSA) is 119 Å². The van der Waals surface area contributed by atoms with Crippen molar-refractivity contribution in [3.8, 4) is 5.69 Å². The number of imidazole rings is 1. The quantitative estimate of drug-likeness (QED) is 0.441. The van der Waals surface area contributed by atoms with Gasteiger partial charge in [0.15, 0.2) is 11.5 Å². The van der Waals surface area contributed by atoms with Crippen LogP contribution in [0.2, 0.25) is 0 Å². The number of nitrogens with zero attached hydrogens (tertiary/aromatic N) is 6. The molecule has 0 spiro atoms. The van der Waals surface area contributed by atoms with Crippen LogP contribution in [-0.4, -0.2) is 36.0 Å². The lowest BCUT2D eigenvalue weighted by Gasteiger charge is -2.28. The zero-order valence-electron chi connectivity index (χ0n) is 17.4. The first-order valence-corrected chi connectivity index (χ1v) is 10.6. The molecule has 1 fully saturated rings. The lowest BCUT2D eigenvalue weighted by molar-refractivity contribution is 0.621. The first-order chi connectivity index (χ1) is 16.1. The molecule has 1 saturated heterocycles. The molecular formula is C23H19FN8O. The van der Waals surface area contributed by atoms with E-state index >= 15 is 0 Å². The molecule has 3 aromatic heterocycles. The Bertz CT molecular complexity index is 1560. The van der Waals surface area contributed by atoms with E-state index < -0.39 is 11.4 Å². The summed E-state index contributed by atoms with van der Waals surface area (Å²) in [6.07, 6.45) is 3.14. The van der Waals surface area contributed by atoms with E-state index in [0.717, 1.165) is 12.8 Å². The number of aromatic amines is 1. The summed E-state index contributed by atoms with van der Waals surface area (Å²) in [4.78, 5) is 36.4. The highest BCUT2D eigenvalue weighted by atomic mass is 19.1. The Hall–Kier alpha value is -4.34. The number of para-hydroxylation sites is 1. The van der Waals surface area contributed by atoms with Gasteiger partial charge in [0.2, 0.25) is 5.95 Å². The minimum absolute atomic E-state index is 0.0307. The maximum atomic E-state index is 14.7. The first-order valence-electron chi connectivity index (χ1n) is 10.6. The van der Waals surface area contributed by atoms with Crippen LogP contribution in [0.5, 0.6) is 0 Å². The zero-order chi connectivity index (χ0) is 22.5. The van der Waals surface area contributed by atoms with Crippen molar-refractivity contribution in [2.24, 2.45) is 0 Å². The highest BCUT2D eigenvalue weighted by Crippen LogP contribution is 2.37. The largest absolute Gasteiger partial charge is 0.368 e. The summed E-state index contributed by atoms with van der Waals surface area (Å²) in [5, 5.41) is -0.0307. The number of rotatable bonds is 3. The summed E-state index contributed by atoms with van der Waals surface area (Å²) in [5.41, 5.74) is 7.59. The minimum atomic E-state index is -0.591. The molecule has 1 atom stereocenters. The number of nitrogens with two attached hydrogens (primary N) is 1. The first kappa shape index (κ1) is 19.4. The Balaban J connectivity index is 1.62. The second-order valence-electron chi connectivity index (χ2n) is 7.94. The molecule has 0 bridgehead atoms. The molecule has 0 unspecified atom stereocenters. The Morgan fingerprint density at radius 2 is 1.91 bits per heavy atom. The van der Waals surface area contributed by atoms with Crippen LogP contribution < -0.4 is 16.2 Å². The fraction of sp³-hybridized carbons (Fsp3) is 0.174. The van der Waals surface area contributed by atoms with Gasteiger partial charge in [-0.1, -0.05) is 24.3 Å². The lowest BCUT2D eigenvalue weighted by Crippen LogP contribution is -2.32. The van der Waals surface area contributed by atoms with Crippen molar-refractivity contribution < 1.29 is 4.39 Å². The summed E-state index contributed by atoms with van der Waals surface area (Å²) < 4.78 is 16.2.